The Morgan fingerprint density at radius 3 is 0.800 bits per heavy atom. The molecule has 0 aliphatic rings. The van der Waals surface area contributed by atoms with E-state index >= 15 is 0 Å². The van der Waals surface area contributed by atoms with Gasteiger partial charge in [0, 0.05) is 0 Å². The Bertz CT molecular complexity index is 459. The van der Waals surface area contributed by atoms with Gasteiger partial charge in [0.15, 0.2) is 0 Å². The molecular formula is C10H6F12O3. The molecular weight excluding hydrogens is 396 g/mol. The molecule has 0 unspecified atom stereocenters. The highest BCUT2D eigenvalue weighted by Crippen LogP contribution is 2.53. The third-order valence-electron chi connectivity index (χ3n) is 3.27. The molecule has 0 aromatic rings. The number of hydrogen-bond acceptors (Lipinski definition) is 3. The minimum absolute atomic E-state index is 0.902. The molecule has 0 amide bonds. The molecule has 0 radical (unpaired) electrons. The molecule has 0 saturated carbocycles. The lowest BCUT2D eigenvalue weighted by Gasteiger charge is -2.34. The first-order valence-corrected chi connectivity index (χ1v) is 5.58. The van der Waals surface area contributed by atoms with Gasteiger partial charge in [-0.1, -0.05) is 0 Å². The van der Waals surface area contributed by atoms with Crippen molar-refractivity contribution < 1.29 is 67.0 Å². The van der Waals surface area contributed by atoms with Gasteiger partial charge in [0.25, 0.3) is 10.8 Å². The summed E-state index contributed by atoms with van der Waals surface area (Å²) in [6, 6.07) is 0. The van der Waals surface area contributed by atoms with E-state index in [0.717, 1.165) is 0 Å². The molecule has 3 nitrogen and oxygen atoms in total. The van der Waals surface area contributed by atoms with Gasteiger partial charge in [-0.3, -0.25) is 9.59 Å². The second-order valence-corrected chi connectivity index (χ2v) is 4.92. The number of carbonyl (C=O) groups excluding carboxylic acids is 2. The Morgan fingerprint density at radius 1 is 0.520 bits per heavy atom. The maximum absolute atomic E-state index is 12.5. The molecule has 0 N–H and O–H groups in total. The number of esters is 2. The molecule has 0 fully saturated rings. The molecule has 0 aliphatic carbocycles. The second kappa shape index (κ2) is 5.93. The molecule has 15 heteroatoms. The summed E-state index contributed by atoms with van der Waals surface area (Å²) in [6.45, 7) is -1.80. The van der Waals surface area contributed by atoms with Crippen molar-refractivity contribution in [3.05, 3.63) is 0 Å². The fraction of sp³-hybridized carbons (Fsp3) is 0.800. The van der Waals surface area contributed by atoms with E-state index in [0.29, 0.717) is 0 Å². The zero-order valence-electron chi connectivity index (χ0n) is 11.8. The van der Waals surface area contributed by atoms with E-state index in [1.54, 1.807) is 0 Å². The van der Waals surface area contributed by atoms with Gasteiger partial charge in [0.2, 0.25) is 0 Å². The van der Waals surface area contributed by atoms with Crippen LogP contribution < -0.4 is 0 Å². The average molecular weight is 402 g/mol. The van der Waals surface area contributed by atoms with Crippen LogP contribution in [-0.2, 0) is 14.3 Å². The molecule has 0 aromatic carbocycles. The van der Waals surface area contributed by atoms with E-state index in [2.05, 4.69) is 4.74 Å². The number of carbonyl (C=O) groups is 2. The van der Waals surface area contributed by atoms with Crippen LogP contribution in [0.15, 0.2) is 0 Å². The van der Waals surface area contributed by atoms with Crippen LogP contribution in [0.2, 0.25) is 0 Å². The average Bonchev–Trinajstić information content (AvgIpc) is 2.30. The Hall–Kier alpha value is -1.70. The summed E-state index contributed by atoms with van der Waals surface area (Å²) in [7, 11) is 0. The summed E-state index contributed by atoms with van der Waals surface area (Å²) in [5.41, 5.74) is -11.1. The van der Waals surface area contributed by atoms with Crippen molar-refractivity contribution in [2.75, 3.05) is 0 Å². The molecule has 25 heavy (non-hydrogen) atoms. The number of ether oxygens (including phenoxy) is 1. The predicted molar refractivity (Wildman–Crippen MR) is 51.5 cm³/mol. The lowest BCUT2D eigenvalue weighted by atomic mass is 9.87. The van der Waals surface area contributed by atoms with Crippen LogP contribution in [0.1, 0.15) is 13.8 Å². The maximum atomic E-state index is 12.5. The fourth-order valence-corrected chi connectivity index (χ4v) is 1.07. The van der Waals surface area contributed by atoms with Gasteiger partial charge >= 0.3 is 36.6 Å². The van der Waals surface area contributed by atoms with E-state index in [4.69, 9.17) is 0 Å². The molecule has 0 rings (SSSR count). The summed E-state index contributed by atoms with van der Waals surface area (Å²) in [6.07, 6.45) is -26.1. The monoisotopic (exact) mass is 402 g/mol. The van der Waals surface area contributed by atoms with Gasteiger partial charge in [-0.15, -0.1) is 0 Å². The topological polar surface area (TPSA) is 43.4 Å². The SMILES string of the molecule is CC(C(=O)OC(=O)C(C)(C(F)(F)F)C(F)(F)F)(C(F)(F)F)C(F)(F)F. The Balaban J connectivity index is 6.08. The predicted octanol–water partition coefficient (Wildman–Crippen LogP) is 4.32. The molecule has 0 spiro atoms. The number of halogens is 12. The third kappa shape index (κ3) is 3.63. The molecule has 0 atom stereocenters. The Kier molecular flexibility index (Phi) is 5.53. The van der Waals surface area contributed by atoms with Gasteiger partial charge in [-0.2, -0.15) is 52.7 Å². The first kappa shape index (κ1) is 23.3. The van der Waals surface area contributed by atoms with Crippen molar-refractivity contribution in [1.29, 1.82) is 0 Å². The van der Waals surface area contributed by atoms with Crippen LogP contribution in [0.25, 0.3) is 0 Å². The summed E-state index contributed by atoms with van der Waals surface area (Å²) >= 11 is 0. The van der Waals surface area contributed by atoms with Crippen LogP contribution in [0.5, 0.6) is 0 Å². The first-order chi connectivity index (χ1) is 10.5. The maximum Gasteiger partial charge on any atom is 0.413 e. The zero-order chi connectivity index (χ0) is 20.9. The van der Waals surface area contributed by atoms with Crippen molar-refractivity contribution in [2.45, 2.75) is 38.6 Å². The largest absolute Gasteiger partial charge is 0.413 e. The Morgan fingerprint density at radius 2 is 0.680 bits per heavy atom. The molecule has 0 saturated heterocycles. The number of alkyl halides is 12. The van der Waals surface area contributed by atoms with Crippen LogP contribution >= 0.6 is 0 Å². The second-order valence-electron chi connectivity index (χ2n) is 4.92. The molecule has 0 aromatic heterocycles. The lowest BCUT2D eigenvalue weighted by molar-refractivity contribution is -0.333. The van der Waals surface area contributed by atoms with Crippen molar-refractivity contribution in [1.82, 2.24) is 0 Å². The van der Waals surface area contributed by atoms with Crippen molar-refractivity contribution in [3.8, 4) is 0 Å². The minimum atomic E-state index is -6.53. The molecule has 0 heterocycles. The van der Waals surface area contributed by atoms with Crippen molar-refractivity contribution >= 4 is 11.9 Å². The Labute approximate surface area is 129 Å². The van der Waals surface area contributed by atoms with Crippen LogP contribution in [0.4, 0.5) is 52.7 Å². The highest BCUT2D eigenvalue weighted by Gasteiger charge is 2.77. The van der Waals surface area contributed by atoms with Crippen molar-refractivity contribution in [3.63, 3.8) is 0 Å². The first-order valence-electron chi connectivity index (χ1n) is 5.58. The standard InChI is InChI=1S/C10H6F12O3/c1-5(7(11,12)13,8(14,15)16)3(23)25-4(24)6(2,9(17,18)19)10(20,21)22/h1-2H3. The van der Waals surface area contributed by atoms with Crippen LogP contribution in [-0.4, -0.2) is 36.6 Å². The molecule has 148 valence electrons. The molecule has 0 aliphatic heterocycles. The highest BCUT2D eigenvalue weighted by molar-refractivity contribution is 5.93. The van der Waals surface area contributed by atoms with Crippen LogP contribution in [0, 0.1) is 10.8 Å². The van der Waals surface area contributed by atoms with Gasteiger partial charge in [-0.25, -0.2) is 0 Å². The minimum Gasteiger partial charge on any atom is -0.391 e. The van der Waals surface area contributed by atoms with Crippen molar-refractivity contribution in [2.24, 2.45) is 10.8 Å². The highest BCUT2D eigenvalue weighted by atomic mass is 19.4. The van der Waals surface area contributed by atoms with E-state index < -0.39 is 61.3 Å². The zero-order valence-corrected chi connectivity index (χ0v) is 11.8. The quantitative estimate of drug-likeness (QED) is 0.393. The number of rotatable bonds is 2. The van der Waals surface area contributed by atoms with Gasteiger partial charge < -0.3 is 4.74 Å². The van der Waals surface area contributed by atoms with E-state index in [-0.39, 0.29) is 0 Å². The normalized spacial score (nSPS) is 15.1. The molecule has 0 bridgehead atoms. The van der Waals surface area contributed by atoms with E-state index in [1.807, 2.05) is 0 Å². The lowest BCUT2D eigenvalue weighted by Crippen LogP contribution is -2.58. The van der Waals surface area contributed by atoms with E-state index in [1.165, 1.54) is 0 Å². The van der Waals surface area contributed by atoms with Gasteiger partial charge in [0.1, 0.15) is 0 Å². The summed E-state index contributed by atoms with van der Waals surface area (Å²) in [4.78, 5) is 22.1. The summed E-state index contributed by atoms with van der Waals surface area (Å²) in [5.74, 6) is -7.37. The third-order valence-corrected chi connectivity index (χ3v) is 3.27. The number of hydrogen-bond donors (Lipinski definition) is 0. The van der Waals surface area contributed by atoms with Gasteiger partial charge in [0.05, 0.1) is 0 Å². The van der Waals surface area contributed by atoms with Crippen LogP contribution in [0.3, 0.4) is 0 Å². The van der Waals surface area contributed by atoms with Gasteiger partial charge in [-0.05, 0) is 13.8 Å². The smallest absolute Gasteiger partial charge is 0.391 e. The van der Waals surface area contributed by atoms with E-state index in [9.17, 15) is 62.3 Å². The summed E-state index contributed by atoms with van der Waals surface area (Å²) < 4.78 is 153. The fourth-order valence-electron chi connectivity index (χ4n) is 1.07. The summed E-state index contributed by atoms with van der Waals surface area (Å²) in [5, 5.41) is 0.